The van der Waals surface area contributed by atoms with Crippen molar-refractivity contribution in [2.45, 2.75) is 13.0 Å². The van der Waals surface area contributed by atoms with Crippen LogP contribution in [0.2, 0.25) is 0 Å². The second kappa shape index (κ2) is 8.08. The van der Waals surface area contributed by atoms with E-state index in [2.05, 4.69) is 0 Å². The first-order chi connectivity index (χ1) is 11.4. The predicted molar refractivity (Wildman–Crippen MR) is 96.2 cm³/mol. The molecule has 2 aromatic carbocycles. The minimum absolute atomic E-state index is 0.0533. The molecule has 0 fully saturated rings. The Morgan fingerprint density at radius 2 is 1.46 bits per heavy atom. The molecule has 1 amide bonds. The first-order valence-corrected chi connectivity index (χ1v) is 9.30. The Balaban J connectivity index is 2.18. The Morgan fingerprint density at radius 1 is 0.917 bits per heavy atom. The molecule has 24 heavy (non-hydrogen) atoms. The van der Waals surface area contributed by atoms with Crippen molar-refractivity contribution in [1.82, 2.24) is 4.31 Å². The van der Waals surface area contributed by atoms with Gasteiger partial charge in [-0.1, -0.05) is 48.5 Å². The smallest absolute Gasteiger partial charge is 0.228 e. The third-order valence-corrected chi connectivity index (χ3v) is 5.52. The highest BCUT2D eigenvalue weighted by molar-refractivity contribution is 7.89. The maximum atomic E-state index is 12.7. The van der Waals surface area contributed by atoms with Gasteiger partial charge in [-0.15, -0.1) is 0 Å². The van der Waals surface area contributed by atoms with E-state index in [0.717, 1.165) is 15.6 Å². The van der Waals surface area contributed by atoms with Gasteiger partial charge in [0.25, 0.3) is 0 Å². The average Bonchev–Trinajstić information content (AvgIpc) is 2.59. The Morgan fingerprint density at radius 3 is 2.00 bits per heavy atom. The van der Waals surface area contributed by atoms with Crippen LogP contribution in [-0.4, -0.2) is 38.5 Å². The van der Waals surface area contributed by atoms with Crippen LogP contribution in [-0.2, 0) is 21.4 Å². The summed E-state index contributed by atoms with van der Waals surface area (Å²) in [5, 5.41) is 0. The maximum Gasteiger partial charge on any atom is 0.228 e. The van der Waals surface area contributed by atoms with Crippen molar-refractivity contribution in [2.75, 3.05) is 24.7 Å². The van der Waals surface area contributed by atoms with Gasteiger partial charge in [0.05, 0.1) is 12.3 Å². The number of sulfonamides is 1. The zero-order valence-corrected chi connectivity index (χ0v) is 14.7. The molecule has 6 heteroatoms. The van der Waals surface area contributed by atoms with E-state index in [1.54, 1.807) is 4.90 Å². The van der Waals surface area contributed by atoms with Crippen LogP contribution in [0.4, 0.5) is 5.69 Å². The molecule has 0 saturated carbocycles. The summed E-state index contributed by atoms with van der Waals surface area (Å²) in [6.45, 7) is 0.408. The maximum absolute atomic E-state index is 12.7. The standard InChI is InChI=1S/C18H22N2O3S/c1-19(2)24(22,23)14-13-18(21)20(17-11-7-4-8-12-17)15-16-9-5-3-6-10-16/h3-12H,13-15H2,1-2H3. The van der Waals surface area contributed by atoms with E-state index in [4.69, 9.17) is 0 Å². The topological polar surface area (TPSA) is 57.7 Å². The zero-order chi connectivity index (χ0) is 17.6. The molecule has 0 radical (unpaired) electrons. The lowest BCUT2D eigenvalue weighted by Gasteiger charge is -2.23. The molecule has 0 N–H and O–H groups in total. The van der Waals surface area contributed by atoms with E-state index < -0.39 is 10.0 Å². The van der Waals surface area contributed by atoms with Crippen LogP contribution in [0.25, 0.3) is 0 Å². The van der Waals surface area contributed by atoms with E-state index in [-0.39, 0.29) is 18.1 Å². The molecule has 0 aliphatic heterocycles. The van der Waals surface area contributed by atoms with Gasteiger partial charge in [0, 0.05) is 26.2 Å². The molecule has 0 aliphatic carbocycles. The molecule has 2 rings (SSSR count). The highest BCUT2D eigenvalue weighted by Gasteiger charge is 2.21. The van der Waals surface area contributed by atoms with Crippen LogP contribution in [0.15, 0.2) is 60.7 Å². The molecule has 0 saturated heterocycles. The number of hydrogen-bond acceptors (Lipinski definition) is 3. The lowest BCUT2D eigenvalue weighted by atomic mass is 10.2. The van der Waals surface area contributed by atoms with E-state index >= 15 is 0 Å². The number of anilines is 1. The van der Waals surface area contributed by atoms with Gasteiger partial charge < -0.3 is 4.90 Å². The van der Waals surface area contributed by atoms with Crippen LogP contribution < -0.4 is 4.90 Å². The zero-order valence-electron chi connectivity index (χ0n) is 13.9. The van der Waals surface area contributed by atoms with Crippen molar-refractivity contribution in [2.24, 2.45) is 0 Å². The van der Waals surface area contributed by atoms with Gasteiger partial charge in [-0.2, -0.15) is 0 Å². The summed E-state index contributed by atoms with van der Waals surface area (Å²) >= 11 is 0. The summed E-state index contributed by atoms with van der Waals surface area (Å²) in [4.78, 5) is 14.3. The fourth-order valence-electron chi connectivity index (χ4n) is 2.23. The van der Waals surface area contributed by atoms with E-state index in [0.29, 0.717) is 6.54 Å². The molecule has 0 spiro atoms. The summed E-state index contributed by atoms with van der Waals surface area (Å²) in [7, 11) is -0.454. The van der Waals surface area contributed by atoms with Gasteiger partial charge in [0.1, 0.15) is 0 Å². The fourth-order valence-corrected chi connectivity index (χ4v) is 3.03. The second-order valence-electron chi connectivity index (χ2n) is 5.65. The number of amides is 1. The van der Waals surface area contributed by atoms with Crippen molar-refractivity contribution in [1.29, 1.82) is 0 Å². The third kappa shape index (κ3) is 4.91. The van der Waals surface area contributed by atoms with Gasteiger partial charge >= 0.3 is 0 Å². The quantitative estimate of drug-likeness (QED) is 0.774. The number of carbonyl (C=O) groups excluding carboxylic acids is 1. The molecule has 0 aliphatic rings. The third-order valence-electron chi connectivity index (χ3n) is 3.68. The van der Waals surface area contributed by atoms with Gasteiger partial charge in [0.2, 0.25) is 15.9 Å². The number of rotatable bonds is 7. The van der Waals surface area contributed by atoms with E-state index in [1.807, 2.05) is 60.7 Å². The number of benzene rings is 2. The second-order valence-corrected chi connectivity index (χ2v) is 7.95. The van der Waals surface area contributed by atoms with Crippen molar-refractivity contribution >= 4 is 21.6 Å². The molecule has 2 aromatic rings. The van der Waals surface area contributed by atoms with Crippen molar-refractivity contribution in [3.8, 4) is 0 Å². The molecule has 0 bridgehead atoms. The predicted octanol–water partition coefficient (Wildman–Crippen LogP) is 2.50. The van der Waals surface area contributed by atoms with Gasteiger partial charge in [-0.05, 0) is 17.7 Å². The van der Waals surface area contributed by atoms with Crippen molar-refractivity contribution in [3.05, 3.63) is 66.2 Å². The molecule has 128 valence electrons. The first-order valence-electron chi connectivity index (χ1n) is 7.70. The van der Waals surface area contributed by atoms with E-state index in [9.17, 15) is 13.2 Å². The van der Waals surface area contributed by atoms with Crippen LogP contribution in [0.1, 0.15) is 12.0 Å². The van der Waals surface area contributed by atoms with Crippen molar-refractivity contribution < 1.29 is 13.2 Å². The first kappa shape index (κ1) is 18.2. The average molecular weight is 346 g/mol. The number of carbonyl (C=O) groups is 1. The van der Waals surface area contributed by atoms with E-state index in [1.165, 1.54) is 14.1 Å². The highest BCUT2D eigenvalue weighted by Crippen LogP contribution is 2.18. The Hall–Kier alpha value is -2.18. The Labute approximate surface area is 143 Å². The Kier molecular flexibility index (Phi) is 6.11. The molecular weight excluding hydrogens is 324 g/mol. The molecule has 5 nitrogen and oxygen atoms in total. The summed E-state index contributed by atoms with van der Waals surface area (Å²) in [6, 6.07) is 18.9. The summed E-state index contributed by atoms with van der Waals surface area (Å²) < 4.78 is 25.0. The lowest BCUT2D eigenvalue weighted by molar-refractivity contribution is -0.118. The molecule has 0 heterocycles. The lowest BCUT2D eigenvalue weighted by Crippen LogP contribution is -2.33. The summed E-state index contributed by atoms with van der Waals surface area (Å²) in [5.41, 5.74) is 1.75. The highest BCUT2D eigenvalue weighted by atomic mass is 32.2. The largest absolute Gasteiger partial charge is 0.308 e. The molecule has 0 atom stereocenters. The summed E-state index contributed by atoms with van der Waals surface area (Å²) in [5.74, 6) is -0.410. The molecule has 0 aromatic heterocycles. The fraction of sp³-hybridized carbons (Fsp3) is 0.278. The van der Waals surface area contributed by atoms with Crippen molar-refractivity contribution in [3.63, 3.8) is 0 Å². The SMILES string of the molecule is CN(C)S(=O)(=O)CCC(=O)N(Cc1ccccc1)c1ccccc1. The van der Waals surface area contributed by atoms with Crippen LogP contribution in [0.3, 0.4) is 0 Å². The van der Waals surface area contributed by atoms with Gasteiger partial charge in [-0.25, -0.2) is 12.7 Å². The Bertz CT molecular complexity index is 759. The minimum Gasteiger partial charge on any atom is -0.308 e. The minimum atomic E-state index is -3.40. The number of nitrogens with zero attached hydrogens (tertiary/aromatic N) is 2. The molecule has 0 unspecified atom stereocenters. The van der Waals surface area contributed by atoms with Crippen LogP contribution in [0, 0.1) is 0 Å². The summed E-state index contributed by atoms with van der Waals surface area (Å²) in [6.07, 6.45) is -0.0533. The van der Waals surface area contributed by atoms with Gasteiger partial charge in [0.15, 0.2) is 0 Å². The monoisotopic (exact) mass is 346 g/mol. The number of hydrogen-bond donors (Lipinski definition) is 0. The van der Waals surface area contributed by atoms with Crippen LogP contribution >= 0.6 is 0 Å². The van der Waals surface area contributed by atoms with Gasteiger partial charge in [-0.3, -0.25) is 4.79 Å². The number of para-hydroxylation sites is 1. The molecular formula is C18H22N2O3S. The van der Waals surface area contributed by atoms with Crippen LogP contribution in [0.5, 0.6) is 0 Å². The normalized spacial score (nSPS) is 11.5.